The van der Waals surface area contributed by atoms with E-state index >= 15 is 0 Å². The van der Waals surface area contributed by atoms with Gasteiger partial charge in [-0.3, -0.25) is 4.79 Å². The molecule has 0 N–H and O–H groups in total. The normalized spacial score (nSPS) is 10.6. The summed E-state index contributed by atoms with van der Waals surface area (Å²) in [6.07, 6.45) is 2.00. The van der Waals surface area contributed by atoms with Crippen molar-refractivity contribution in [2.75, 3.05) is 6.26 Å². The van der Waals surface area contributed by atoms with Crippen molar-refractivity contribution in [2.45, 2.75) is 5.88 Å². The highest BCUT2D eigenvalue weighted by Gasteiger charge is 2.21. The maximum atomic E-state index is 12.7. The lowest BCUT2D eigenvalue weighted by molar-refractivity contribution is 0.103. The number of nitrogens with zero attached hydrogens (tertiary/aromatic N) is 3. The first-order valence-electron chi connectivity index (χ1n) is 6.89. The Kier molecular flexibility index (Phi) is 4.34. The molecule has 1 heterocycles. The van der Waals surface area contributed by atoms with Gasteiger partial charge in [-0.1, -0.05) is 65.9 Å². The summed E-state index contributed by atoms with van der Waals surface area (Å²) >= 11 is 1.63. The first-order chi connectivity index (χ1) is 10.8. The molecular weight excluding hydrogens is 294 g/mol. The predicted molar refractivity (Wildman–Crippen MR) is 88.8 cm³/mol. The quantitative estimate of drug-likeness (QED) is 0.677. The molecule has 0 atom stereocenters. The minimum atomic E-state index is -0.105. The van der Waals surface area contributed by atoms with Crippen LogP contribution in [0.15, 0.2) is 60.7 Å². The molecule has 0 aliphatic carbocycles. The Balaban J connectivity index is 2.11. The number of ketones is 1. The van der Waals surface area contributed by atoms with Gasteiger partial charge in [0.15, 0.2) is 5.69 Å². The molecule has 0 aliphatic rings. The van der Waals surface area contributed by atoms with Crippen molar-refractivity contribution in [2.24, 2.45) is 0 Å². The van der Waals surface area contributed by atoms with Crippen LogP contribution >= 0.6 is 11.8 Å². The second-order valence-electron chi connectivity index (χ2n) is 4.77. The Labute approximate surface area is 133 Å². The van der Waals surface area contributed by atoms with Gasteiger partial charge in [0, 0.05) is 11.1 Å². The summed E-state index contributed by atoms with van der Waals surface area (Å²) in [5.41, 5.74) is 2.73. The Bertz CT molecular complexity index is 769. The average Bonchev–Trinajstić information content (AvgIpc) is 3.00. The topological polar surface area (TPSA) is 47.8 Å². The minimum absolute atomic E-state index is 0.105. The molecule has 0 saturated carbocycles. The van der Waals surface area contributed by atoms with Crippen molar-refractivity contribution >= 4 is 17.5 Å². The molecule has 3 rings (SSSR count). The van der Waals surface area contributed by atoms with Crippen molar-refractivity contribution in [3.63, 3.8) is 0 Å². The van der Waals surface area contributed by atoms with Gasteiger partial charge in [0.1, 0.15) is 5.69 Å². The summed E-state index contributed by atoms with van der Waals surface area (Å²) in [5.74, 6) is 0.547. The summed E-state index contributed by atoms with van der Waals surface area (Å²) in [4.78, 5) is 12.7. The zero-order valence-electron chi connectivity index (χ0n) is 12.1. The number of hydrogen-bond donors (Lipinski definition) is 0. The number of aromatic nitrogens is 3. The van der Waals surface area contributed by atoms with Gasteiger partial charge in [-0.15, -0.1) is 16.9 Å². The molecule has 0 amide bonds. The van der Waals surface area contributed by atoms with Crippen molar-refractivity contribution in [1.29, 1.82) is 0 Å². The van der Waals surface area contributed by atoms with Crippen LogP contribution in [0, 0.1) is 0 Å². The van der Waals surface area contributed by atoms with Gasteiger partial charge in [-0.2, -0.15) is 0 Å². The van der Waals surface area contributed by atoms with Gasteiger partial charge >= 0.3 is 0 Å². The van der Waals surface area contributed by atoms with Crippen molar-refractivity contribution < 1.29 is 4.79 Å². The van der Waals surface area contributed by atoms with Crippen LogP contribution in [0.2, 0.25) is 0 Å². The minimum Gasteiger partial charge on any atom is -0.287 e. The highest BCUT2D eigenvalue weighted by atomic mass is 32.2. The highest BCUT2D eigenvalue weighted by Crippen LogP contribution is 2.25. The molecule has 0 radical (unpaired) electrons. The Morgan fingerprint density at radius 1 is 1.05 bits per heavy atom. The molecular formula is C17H15N3OS. The molecule has 22 heavy (non-hydrogen) atoms. The van der Waals surface area contributed by atoms with E-state index in [1.54, 1.807) is 28.6 Å². The average molecular weight is 309 g/mol. The van der Waals surface area contributed by atoms with Crippen LogP contribution in [0.25, 0.3) is 11.3 Å². The van der Waals surface area contributed by atoms with Crippen LogP contribution in [0.4, 0.5) is 0 Å². The molecule has 0 spiro atoms. The fraction of sp³-hybridized carbons (Fsp3) is 0.118. The first-order valence-corrected chi connectivity index (χ1v) is 8.28. The first kappa shape index (κ1) is 14.5. The number of benzene rings is 2. The van der Waals surface area contributed by atoms with Crippen molar-refractivity contribution in [3.05, 3.63) is 71.9 Å². The lowest BCUT2D eigenvalue weighted by Gasteiger charge is -2.06. The summed E-state index contributed by atoms with van der Waals surface area (Å²) < 4.78 is 1.77. The molecule has 110 valence electrons. The van der Waals surface area contributed by atoms with Crippen LogP contribution in [0.1, 0.15) is 16.1 Å². The number of carbonyl (C=O) groups excluding carboxylic acids is 1. The third kappa shape index (κ3) is 2.80. The maximum absolute atomic E-state index is 12.7. The van der Waals surface area contributed by atoms with Gasteiger partial charge in [0.2, 0.25) is 5.78 Å². The Morgan fingerprint density at radius 3 is 2.32 bits per heavy atom. The summed E-state index contributed by atoms with van der Waals surface area (Å²) in [6.45, 7) is 0. The van der Waals surface area contributed by atoms with Crippen molar-refractivity contribution in [3.8, 4) is 11.3 Å². The van der Waals surface area contributed by atoms with Gasteiger partial charge in [0.25, 0.3) is 0 Å². The molecule has 3 aromatic rings. The smallest absolute Gasteiger partial charge is 0.215 e. The second-order valence-corrected chi connectivity index (χ2v) is 5.60. The summed E-state index contributed by atoms with van der Waals surface area (Å²) in [6, 6.07) is 19.0. The largest absolute Gasteiger partial charge is 0.287 e. The van der Waals surface area contributed by atoms with E-state index in [1.807, 2.05) is 54.8 Å². The Hall–Kier alpha value is -2.40. The van der Waals surface area contributed by atoms with E-state index in [0.29, 0.717) is 17.1 Å². The van der Waals surface area contributed by atoms with E-state index in [-0.39, 0.29) is 5.78 Å². The van der Waals surface area contributed by atoms with Crippen LogP contribution < -0.4 is 0 Å². The van der Waals surface area contributed by atoms with Gasteiger partial charge in [-0.05, 0) is 6.26 Å². The summed E-state index contributed by atoms with van der Waals surface area (Å²) in [7, 11) is 0. The number of thioether (sulfide) groups is 1. The third-order valence-electron chi connectivity index (χ3n) is 3.28. The standard InChI is InChI=1S/C17H15N3OS/c1-22-12-20-16(13-8-4-2-5-9-13)15(18-19-20)17(21)14-10-6-3-7-11-14/h2-11H,12H2,1H3. The molecule has 1 aromatic heterocycles. The van der Waals surface area contributed by atoms with E-state index < -0.39 is 0 Å². The molecule has 0 aliphatic heterocycles. The number of carbonyl (C=O) groups is 1. The molecule has 5 heteroatoms. The van der Waals surface area contributed by atoms with Gasteiger partial charge in [0.05, 0.1) is 5.88 Å². The molecule has 0 bridgehead atoms. The fourth-order valence-electron chi connectivity index (χ4n) is 2.29. The van der Waals surface area contributed by atoms with E-state index in [2.05, 4.69) is 10.3 Å². The van der Waals surface area contributed by atoms with E-state index in [1.165, 1.54) is 0 Å². The number of rotatable bonds is 5. The third-order valence-corrected chi connectivity index (χ3v) is 3.79. The second kappa shape index (κ2) is 6.58. The maximum Gasteiger partial charge on any atom is 0.215 e. The predicted octanol–water partition coefficient (Wildman–Crippen LogP) is 3.50. The van der Waals surface area contributed by atoms with Crippen LogP contribution in [0.3, 0.4) is 0 Å². The fourth-order valence-corrected chi connectivity index (χ4v) is 2.71. The molecule has 2 aromatic carbocycles. The zero-order valence-corrected chi connectivity index (χ0v) is 13.0. The molecule has 0 fully saturated rings. The molecule has 4 nitrogen and oxygen atoms in total. The van der Waals surface area contributed by atoms with Crippen LogP contribution in [-0.2, 0) is 5.88 Å². The van der Waals surface area contributed by atoms with Crippen LogP contribution in [0.5, 0.6) is 0 Å². The lowest BCUT2D eigenvalue weighted by atomic mass is 10.0. The van der Waals surface area contributed by atoms with Crippen LogP contribution in [-0.4, -0.2) is 27.0 Å². The molecule has 0 unspecified atom stereocenters. The highest BCUT2D eigenvalue weighted by molar-refractivity contribution is 7.97. The SMILES string of the molecule is CSCn1nnc(C(=O)c2ccccc2)c1-c1ccccc1. The van der Waals surface area contributed by atoms with E-state index in [4.69, 9.17) is 0 Å². The van der Waals surface area contributed by atoms with E-state index in [9.17, 15) is 4.79 Å². The number of hydrogen-bond acceptors (Lipinski definition) is 4. The van der Waals surface area contributed by atoms with Gasteiger partial charge < -0.3 is 0 Å². The zero-order chi connectivity index (χ0) is 15.4. The van der Waals surface area contributed by atoms with Crippen molar-refractivity contribution in [1.82, 2.24) is 15.0 Å². The monoisotopic (exact) mass is 309 g/mol. The lowest BCUT2D eigenvalue weighted by Crippen LogP contribution is -2.05. The molecule has 0 saturated heterocycles. The summed E-state index contributed by atoms with van der Waals surface area (Å²) in [5, 5.41) is 8.29. The van der Waals surface area contributed by atoms with E-state index in [0.717, 1.165) is 11.3 Å². The Morgan fingerprint density at radius 2 is 1.68 bits per heavy atom. The van der Waals surface area contributed by atoms with Gasteiger partial charge in [-0.25, -0.2) is 4.68 Å².